The normalized spacial score (nSPS) is 18.3. The zero-order valence-electron chi connectivity index (χ0n) is 20.1. The first-order chi connectivity index (χ1) is 15.8. The van der Waals surface area contributed by atoms with E-state index in [1.54, 1.807) is 0 Å². The highest BCUT2D eigenvalue weighted by Gasteiger charge is 2.35. The SMILES string of the molecule is Cc1cc2c(cc1NC(=O)OCC1c3ccccc3-c3ccccc31)C(C)CC(C)(C)N2C. The Morgan fingerprint density at radius 1 is 1.03 bits per heavy atom. The van der Waals surface area contributed by atoms with Crippen LogP contribution in [-0.4, -0.2) is 25.3 Å². The predicted molar refractivity (Wildman–Crippen MR) is 135 cm³/mol. The number of nitrogens with one attached hydrogen (secondary N) is 1. The number of hydrogen-bond acceptors (Lipinski definition) is 3. The van der Waals surface area contributed by atoms with E-state index in [2.05, 4.69) is 86.6 Å². The van der Waals surface area contributed by atoms with Gasteiger partial charge in [-0.1, -0.05) is 55.5 Å². The molecule has 0 radical (unpaired) electrons. The summed E-state index contributed by atoms with van der Waals surface area (Å²) in [7, 11) is 2.16. The van der Waals surface area contributed by atoms with Gasteiger partial charge in [-0.3, -0.25) is 5.32 Å². The summed E-state index contributed by atoms with van der Waals surface area (Å²) in [5.74, 6) is 0.485. The van der Waals surface area contributed by atoms with Crippen LogP contribution in [0.25, 0.3) is 11.1 Å². The number of nitrogens with zero attached hydrogens (tertiary/aromatic N) is 1. The predicted octanol–water partition coefficient (Wildman–Crippen LogP) is 7.08. The lowest BCUT2D eigenvalue weighted by molar-refractivity contribution is 0.158. The van der Waals surface area contributed by atoms with Gasteiger partial charge in [-0.05, 0) is 78.6 Å². The Kier molecular flexibility index (Phi) is 5.19. The molecule has 4 heteroatoms. The van der Waals surface area contributed by atoms with Crippen molar-refractivity contribution in [2.45, 2.75) is 51.5 Å². The molecule has 3 aromatic rings. The first-order valence-electron chi connectivity index (χ1n) is 11.8. The molecular weight excluding hydrogens is 408 g/mol. The second-order valence-corrected chi connectivity index (χ2v) is 10.2. The zero-order valence-corrected chi connectivity index (χ0v) is 20.1. The topological polar surface area (TPSA) is 41.6 Å². The molecule has 33 heavy (non-hydrogen) atoms. The molecular formula is C29H32N2O2. The molecule has 170 valence electrons. The molecule has 5 rings (SSSR count). The fourth-order valence-corrected chi connectivity index (χ4v) is 5.60. The van der Waals surface area contributed by atoms with Crippen LogP contribution in [0.4, 0.5) is 16.2 Å². The van der Waals surface area contributed by atoms with Crippen molar-refractivity contribution in [1.82, 2.24) is 0 Å². The summed E-state index contributed by atoms with van der Waals surface area (Å²) in [5, 5.41) is 3.01. The van der Waals surface area contributed by atoms with Gasteiger partial charge in [0.15, 0.2) is 0 Å². The van der Waals surface area contributed by atoms with Gasteiger partial charge in [-0.25, -0.2) is 4.79 Å². The number of carbonyl (C=O) groups is 1. The molecule has 0 spiro atoms. The zero-order chi connectivity index (χ0) is 23.3. The van der Waals surface area contributed by atoms with Crippen molar-refractivity contribution in [3.8, 4) is 11.1 Å². The monoisotopic (exact) mass is 440 g/mol. The van der Waals surface area contributed by atoms with Crippen molar-refractivity contribution >= 4 is 17.5 Å². The molecule has 1 aliphatic heterocycles. The van der Waals surface area contributed by atoms with E-state index < -0.39 is 6.09 Å². The Balaban J connectivity index is 1.33. The lowest BCUT2D eigenvalue weighted by atomic mass is 9.80. The van der Waals surface area contributed by atoms with E-state index in [1.807, 2.05) is 19.1 Å². The summed E-state index contributed by atoms with van der Waals surface area (Å²) in [6.45, 7) is 9.19. The maximum atomic E-state index is 12.8. The number of anilines is 2. The van der Waals surface area contributed by atoms with Gasteiger partial charge in [0.2, 0.25) is 0 Å². The molecule has 1 amide bonds. The summed E-state index contributed by atoms with van der Waals surface area (Å²) in [4.78, 5) is 15.2. The van der Waals surface area contributed by atoms with Crippen molar-refractivity contribution in [3.05, 3.63) is 82.9 Å². The average molecular weight is 441 g/mol. The molecule has 4 nitrogen and oxygen atoms in total. The summed E-state index contributed by atoms with van der Waals surface area (Å²) >= 11 is 0. The van der Waals surface area contributed by atoms with Gasteiger partial charge >= 0.3 is 6.09 Å². The molecule has 0 bridgehead atoms. The second kappa shape index (κ2) is 7.95. The molecule has 2 aliphatic rings. The number of fused-ring (bicyclic) bond motifs is 4. The maximum absolute atomic E-state index is 12.8. The van der Waals surface area contributed by atoms with Gasteiger partial charge in [-0.15, -0.1) is 0 Å². The summed E-state index contributed by atoms with van der Waals surface area (Å²) in [6.07, 6.45) is 0.668. The van der Waals surface area contributed by atoms with Crippen LogP contribution in [0, 0.1) is 6.92 Å². The van der Waals surface area contributed by atoms with Gasteiger partial charge in [0.1, 0.15) is 6.61 Å². The van der Waals surface area contributed by atoms with Crippen molar-refractivity contribution in [2.24, 2.45) is 0 Å². The highest BCUT2D eigenvalue weighted by Crippen LogP contribution is 2.45. The molecule has 0 fully saturated rings. The second-order valence-electron chi connectivity index (χ2n) is 10.2. The highest BCUT2D eigenvalue weighted by atomic mass is 16.5. The maximum Gasteiger partial charge on any atom is 0.411 e. The molecule has 0 saturated carbocycles. The Bertz CT molecular complexity index is 1180. The standard InChI is InChI=1S/C29H32N2O2/c1-18-14-27-24(19(2)16-29(3,4)31(27)5)15-26(18)30-28(32)33-17-25-22-12-8-6-10-20(22)21-11-7-9-13-23(21)25/h6-15,19,25H,16-17H2,1-5H3,(H,30,32). The van der Waals surface area contributed by atoms with E-state index in [0.29, 0.717) is 12.5 Å². The van der Waals surface area contributed by atoms with E-state index in [-0.39, 0.29) is 11.5 Å². The average Bonchev–Trinajstić information content (AvgIpc) is 3.11. The van der Waals surface area contributed by atoms with Crippen molar-refractivity contribution in [2.75, 3.05) is 23.9 Å². The molecule has 0 aromatic heterocycles. The van der Waals surface area contributed by atoms with E-state index in [4.69, 9.17) is 4.74 Å². The van der Waals surface area contributed by atoms with Crippen LogP contribution in [0.1, 0.15) is 61.3 Å². The van der Waals surface area contributed by atoms with E-state index in [1.165, 1.54) is 33.5 Å². The number of rotatable bonds is 3. The molecule has 1 unspecified atom stereocenters. The number of hydrogen-bond donors (Lipinski definition) is 1. The van der Waals surface area contributed by atoms with E-state index in [9.17, 15) is 4.79 Å². The third-order valence-corrected chi connectivity index (χ3v) is 7.56. The number of aryl methyl sites for hydroxylation is 1. The third kappa shape index (κ3) is 3.68. The number of ether oxygens (including phenoxy) is 1. The Hall–Kier alpha value is -3.27. The van der Waals surface area contributed by atoms with E-state index in [0.717, 1.165) is 17.7 Å². The first-order valence-corrected chi connectivity index (χ1v) is 11.8. The minimum atomic E-state index is -0.406. The number of carbonyl (C=O) groups excluding carboxylic acids is 1. The van der Waals surface area contributed by atoms with Crippen LogP contribution >= 0.6 is 0 Å². The van der Waals surface area contributed by atoms with Crippen LogP contribution in [0.15, 0.2) is 60.7 Å². The highest BCUT2D eigenvalue weighted by molar-refractivity contribution is 5.87. The fraction of sp³-hybridized carbons (Fsp3) is 0.345. The molecule has 1 atom stereocenters. The van der Waals surface area contributed by atoms with Crippen LogP contribution < -0.4 is 10.2 Å². The van der Waals surface area contributed by atoms with Crippen LogP contribution in [0.5, 0.6) is 0 Å². The lowest BCUT2D eigenvalue weighted by Crippen LogP contribution is -2.45. The molecule has 1 aliphatic carbocycles. The van der Waals surface area contributed by atoms with Gasteiger partial charge in [0.05, 0.1) is 0 Å². The van der Waals surface area contributed by atoms with Crippen molar-refractivity contribution < 1.29 is 9.53 Å². The Morgan fingerprint density at radius 3 is 2.27 bits per heavy atom. The van der Waals surface area contributed by atoms with Gasteiger partial charge in [0.25, 0.3) is 0 Å². The smallest absolute Gasteiger partial charge is 0.411 e. The summed E-state index contributed by atoms with van der Waals surface area (Å²) < 4.78 is 5.76. The molecule has 1 N–H and O–H groups in total. The molecule has 3 aromatic carbocycles. The van der Waals surface area contributed by atoms with E-state index >= 15 is 0 Å². The van der Waals surface area contributed by atoms with Gasteiger partial charge in [0, 0.05) is 29.9 Å². The summed E-state index contributed by atoms with van der Waals surface area (Å²) in [5.41, 5.74) is 9.39. The van der Waals surface area contributed by atoms with Crippen LogP contribution in [0.3, 0.4) is 0 Å². The lowest BCUT2D eigenvalue weighted by Gasteiger charge is -2.45. The Morgan fingerprint density at radius 2 is 1.64 bits per heavy atom. The number of benzene rings is 3. The molecule has 0 saturated heterocycles. The van der Waals surface area contributed by atoms with Gasteiger partial charge in [-0.2, -0.15) is 0 Å². The minimum absolute atomic E-state index is 0.0590. The third-order valence-electron chi connectivity index (χ3n) is 7.56. The number of amides is 1. The summed E-state index contributed by atoms with van der Waals surface area (Å²) in [6, 6.07) is 21.1. The quantitative estimate of drug-likeness (QED) is 0.473. The first kappa shape index (κ1) is 21.6. The Labute approximate surface area is 196 Å². The van der Waals surface area contributed by atoms with Crippen molar-refractivity contribution in [1.29, 1.82) is 0 Å². The molecule has 1 heterocycles. The van der Waals surface area contributed by atoms with Crippen molar-refractivity contribution in [3.63, 3.8) is 0 Å². The van der Waals surface area contributed by atoms with Crippen LogP contribution in [-0.2, 0) is 4.74 Å². The largest absolute Gasteiger partial charge is 0.448 e. The fourth-order valence-electron chi connectivity index (χ4n) is 5.60. The van der Waals surface area contributed by atoms with Crippen LogP contribution in [0.2, 0.25) is 0 Å². The minimum Gasteiger partial charge on any atom is -0.448 e. The van der Waals surface area contributed by atoms with Gasteiger partial charge < -0.3 is 9.64 Å².